The van der Waals surface area contributed by atoms with Gasteiger partial charge in [-0.05, 0) is 31.0 Å². The van der Waals surface area contributed by atoms with Gasteiger partial charge in [0.25, 0.3) is 0 Å². The molecule has 1 fully saturated rings. The first-order valence-electron chi connectivity index (χ1n) is 6.12. The van der Waals surface area contributed by atoms with Gasteiger partial charge in [0.1, 0.15) is 11.8 Å². The van der Waals surface area contributed by atoms with Crippen LogP contribution in [-0.2, 0) is 4.79 Å². The molecule has 1 saturated heterocycles. The first kappa shape index (κ1) is 14.1. The lowest BCUT2D eigenvalue weighted by atomic mass is 10.00. The highest BCUT2D eigenvalue weighted by atomic mass is 35.5. The van der Waals surface area contributed by atoms with E-state index in [1.165, 1.54) is 18.2 Å². The molecule has 2 rings (SSSR count). The van der Waals surface area contributed by atoms with Gasteiger partial charge in [0.15, 0.2) is 0 Å². The van der Waals surface area contributed by atoms with Gasteiger partial charge in [0.05, 0.1) is 6.10 Å². The number of nitrogens with zero attached hydrogens (tertiary/aromatic N) is 1. The smallest absolute Gasteiger partial charge is 0.325 e. The van der Waals surface area contributed by atoms with Gasteiger partial charge in [-0.15, -0.1) is 0 Å². The summed E-state index contributed by atoms with van der Waals surface area (Å²) in [6, 6.07) is 3.44. The topological polar surface area (TPSA) is 81.0 Å². The summed E-state index contributed by atoms with van der Waals surface area (Å²) in [5, 5.41) is 29.1. The van der Waals surface area contributed by atoms with Crippen molar-refractivity contribution >= 4 is 17.6 Å². The predicted octanol–water partition coefficient (Wildman–Crippen LogP) is 1.63. The number of aliphatic hydroxyl groups excluding tert-OH is 1. The number of aromatic hydroxyl groups is 1. The van der Waals surface area contributed by atoms with Gasteiger partial charge in [-0.25, -0.2) is 0 Å². The van der Waals surface area contributed by atoms with Crippen LogP contribution in [0.2, 0.25) is 5.02 Å². The van der Waals surface area contributed by atoms with Crippen LogP contribution >= 0.6 is 11.6 Å². The number of hydrogen-bond acceptors (Lipinski definition) is 4. The molecule has 0 saturated carbocycles. The van der Waals surface area contributed by atoms with Crippen molar-refractivity contribution in [1.82, 2.24) is 4.90 Å². The van der Waals surface area contributed by atoms with Crippen LogP contribution in [0, 0.1) is 0 Å². The Balaban J connectivity index is 2.30. The number of carboxylic acid groups (broad SMARTS) is 1. The van der Waals surface area contributed by atoms with E-state index >= 15 is 0 Å². The van der Waals surface area contributed by atoms with Crippen molar-refractivity contribution in [3.05, 3.63) is 28.8 Å². The monoisotopic (exact) mass is 285 g/mol. The van der Waals surface area contributed by atoms with Gasteiger partial charge < -0.3 is 15.3 Å². The predicted molar refractivity (Wildman–Crippen MR) is 70.3 cm³/mol. The normalized spacial score (nSPS) is 19.3. The molecule has 0 spiro atoms. The zero-order valence-corrected chi connectivity index (χ0v) is 11.0. The highest BCUT2D eigenvalue weighted by Gasteiger charge is 2.32. The van der Waals surface area contributed by atoms with Gasteiger partial charge in [-0.2, -0.15) is 0 Å². The fourth-order valence-electron chi connectivity index (χ4n) is 2.37. The number of likely N-dealkylation sites (tertiary alicyclic amines) is 1. The molecular formula is C13H16ClNO4. The van der Waals surface area contributed by atoms with Crippen LogP contribution < -0.4 is 0 Å². The molecule has 1 aromatic carbocycles. The maximum absolute atomic E-state index is 11.5. The van der Waals surface area contributed by atoms with Gasteiger partial charge in [-0.3, -0.25) is 9.69 Å². The van der Waals surface area contributed by atoms with E-state index in [-0.39, 0.29) is 17.4 Å². The van der Waals surface area contributed by atoms with Crippen LogP contribution in [0.5, 0.6) is 5.75 Å². The number of aliphatic hydroxyl groups is 1. The van der Waals surface area contributed by atoms with Crippen LogP contribution in [0.15, 0.2) is 18.2 Å². The van der Waals surface area contributed by atoms with Crippen molar-refractivity contribution in [3.63, 3.8) is 0 Å². The van der Waals surface area contributed by atoms with E-state index in [4.69, 9.17) is 11.6 Å². The largest absolute Gasteiger partial charge is 0.508 e. The first-order valence-corrected chi connectivity index (χ1v) is 6.50. The van der Waals surface area contributed by atoms with E-state index < -0.39 is 12.0 Å². The minimum atomic E-state index is -1.03. The van der Waals surface area contributed by atoms with Gasteiger partial charge >= 0.3 is 5.97 Å². The summed E-state index contributed by atoms with van der Waals surface area (Å²) in [6.45, 7) is 0.953. The molecule has 0 amide bonds. The standard InChI is InChI=1S/C13H16ClNO4/c14-8-1-2-11(17)10(7-8)12(13(18)19)15-5-3-9(16)4-6-15/h1-2,7,9,12,16-17H,3-6H2,(H,18,19). The average Bonchev–Trinajstić information content (AvgIpc) is 2.36. The minimum absolute atomic E-state index is 0.0806. The summed E-state index contributed by atoms with van der Waals surface area (Å²) in [7, 11) is 0. The second-order valence-corrected chi connectivity index (χ2v) is 5.15. The molecule has 0 aromatic heterocycles. The Morgan fingerprint density at radius 3 is 2.58 bits per heavy atom. The third kappa shape index (κ3) is 3.18. The minimum Gasteiger partial charge on any atom is -0.508 e. The number of phenolic OH excluding ortho intramolecular Hbond substituents is 1. The lowest BCUT2D eigenvalue weighted by molar-refractivity contribution is -0.144. The SMILES string of the molecule is O=C(O)C(c1cc(Cl)ccc1O)N1CCC(O)CC1. The quantitative estimate of drug-likeness (QED) is 0.786. The number of halogens is 1. The van der Waals surface area contributed by atoms with Crippen molar-refractivity contribution in [2.45, 2.75) is 25.0 Å². The van der Waals surface area contributed by atoms with Crippen LogP contribution in [0.1, 0.15) is 24.4 Å². The summed E-state index contributed by atoms with van der Waals surface area (Å²) in [5.41, 5.74) is 0.288. The second kappa shape index (κ2) is 5.77. The Kier molecular flexibility index (Phi) is 4.29. The number of phenols is 1. The van der Waals surface area contributed by atoms with Crippen LogP contribution in [0.4, 0.5) is 0 Å². The lowest BCUT2D eigenvalue weighted by Gasteiger charge is -2.34. The van der Waals surface area contributed by atoms with E-state index in [0.717, 1.165) is 0 Å². The van der Waals surface area contributed by atoms with Gasteiger partial charge in [0.2, 0.25) is 0 Å². The Morgan fingerprint density at radius 1 is 1.37 bits per heavy atom. The molecule has 6 heteroatoms. The molecule has 0 aliphatic carbocycles. The molecule has 1 heterocycles. The van der Waals surface area contributed by atoms with Crippen molar-refractivity contribution in [2.75, 3.05) is 13.1 Å². The summed E-state index contributed by atoms with van der Waals surface area (Å²) in [4.78, 5) is 13.2. The highest BCUT2D eigenvalue weighted by Crippen LogP contribution is 2.33. The molecule has 3 N–H and O–H groups in total. The molecule has 1 aliphatic heterocycles. The van der Waals surface area contributed by atoms with E-state index in [2.05, 4.69) is 0 Å². The van der Waals surface area contributed by atoms with Crippen molar-refractivity contribution in [1.29, 1.82) is 0 Å². The van der Waals surface area contributed by atoms with Gasteiger partial charge in [-0.1, -0.05) is 11.6 Å². The van der Waals surface area contributed by atoms with E-state index in [1.807, 2.05) is 0 Å². The maximum atomic E-state index is 11.5. The third-order valence-corrected chi connectivity index (χ3v) is 3.62. The number of aliphatic carboxylic acids is 1. The molecule has 1 unspecified atom stereocenters. The van der Waals surface area contributed by atoms with Crippen LogP contribution in [0.3, 0.4) is 0 Å². The van der Waals surface area contributed by atoms with E-state index in [0.29, 0.717) is 31.0 Å². The Bertz CT molecular complexity index is 472. The van der Waals surface area contributed by atoms with E-state index in [9.17, 15) is 20.1 Å². The lowest BCUT2D eigenvalue weighted by Crippen LogP contribution is -2.41. The number of rotatable bonds is 3. The summed E-state index contributed by atoms with van der Waals surface area (Å²) in [5.74, 6) is -1.11. The molecule has 0 radical (unpaired) electrons. The van der Waals surface area contributed by atoms with Crippen molar-refractivity contribution in [2.24, 2.45) is 0 Å². The maximum Gasteiger partial charge on any atom is 0.325 e. The number of benzene rings is 1. The van der Waals surface area contributed by atoms with Crippen LogP contribution in [-0.4, -0.2) is 45.4 Å². The molecule has 104 valence electrons. The number of hydrogen-bond donors (Lipinski definition) is 3. The fraction of sp³-hybridized carbons (Fsp3) is 0.462. The summed E-state index contributed by atoms with van der Waals surface area (Å²) in [6.07, 6.45) is 0.689. The Morgan fingerprint density at radius 2 is 2.00 bits per heavy atom. The molecule has 1 aromatic rings. The molecule has 5 nitrogen and oxygen atoms in total. The second-order valence-electron chi connectivity index (χ2n) is 4.71. The molecule has 0 bridgehead atoms. The fourth-order valence-corrected chi connectivity index (χ4v) is 2.55. The van der Waals surface area contributed by atoms with E-state index in [1.54, 1.807) is 4.90 Å². The molecule has 19 heavy (non-hydrogen) atoms. The zero-order valence-electron chi connectivity index (χ0n) is 10.3. The highest BCUT2D eigenvalue weighted by molar-refractivity contribution is 6.30. The molecular weight excluding hydrogens is 270 g/mol. The molecule has 1 atom stereocenters. The Labute approximate surface area is 116 Å². The van der Waals surface area contributed by atoms with Crippen molar-refractivity contribution in [3.8, 4) is 5.75 Å². The first-order chi connectivity index (χ1) is 8.99. The number of carbonyl (C=O) groups is 1. The summed E-state index contributed by atoms with van der Waals surface area (Å²) < 4.78 is 0. The number of carboxylic acids is 1. The van der Waals surface area contributed by atoms with Crippen molar-refractivity contribution < 1.29 is 20.1 Å². The Hall–Kier alpha value is -1.30. The molecule has 1 aliphatic rings. The number of piperidine rings is 1. The summed E-state index contributed by atoms with van der Waals surface area (Å²) >= 11 is 5.87. The van der Waals surface area contributed by atoms with Crippen LogP contribution in [0.25, 0.3) is 0 Å². The zero-order chi connectivity index (χ0) is 14.0. The van der Waals surface area contributed by atoms with Gasteiger partial charge in [0, 0.05) is 23.7 Å². The third-order valence-electron chi connectivity index (χ3n) is 3.38. The average molecular weight is 286 g/mol.